The number of aliphatic hydroxyl groups excluding tert-OH is 1. The molecule has 3 N–H and O–H groups in total. The van der Waals surface area contributed by atoms with Crippen molar-refractivity contribution >= 4 is 5.91 Å². The number of piperidine rings is 1. The average molecular weight is 216 g/mol. The number of ether oxygens (including phenoxy) is 1. The second kappa shape index (κ2) is 5.44. The summed E-state index contributed by atoms with van der Waals surface area (Å²) in [6, 6.07) is -0.615. The molecule has 5 nitrogen and oxygen atoms in total. The van der Waals surface area contributed by atoms with Gasteiger partial charge in [-0.15, -0.1) is 0 Å². The Labute approximate surface area is 90.2 Å². The zero-order valence-corrected chi connectivity index (χ0v) is 9.35. The monoisotopic (exact) mass is 216 g/mol. The first-order chi connectivity index (χ1) is 7.06. The Morgan fingerprint density at radius 1 is 1.73 bits per heavy atom. The predicted molar refractivity (Wildman–Crippen MR) is 56.2 cm³/mol. The number of nitrogens with zero attached hydrogens (tertiary/aromatic N) is 1. The van der Waals surface area contributed by atoms with Crippen LogP contribution in [0.1, 0.15) is 13.3 Å². The highest BCUT2D eigenvalue weighted by molar-refractivity contribution is 5.81. The van der Waals surface area contributed by atoms with Crippen molar-refractivity contribution in [1.29, 1.82) is 0 Å². The molecule has 3 unspecified atom stereocenters. The van der Waals surface area contributed by atoms with E-state index in [9.17, 15) is 9.90 Å². The molecule has 1 heterocycles. The highest BCUT2D eigenvalue weighted by Gasteiger charge is 2.29. The number of methoxy groups -OCH3 is 1. The highest BCUT2D eigenvalue weighted by Crippen LogP contribution is 2.17. The van der Waals surface area contributed by atoms with Crippen molar-refractivity contribution < 1.29 is 14.6 Å². The summed E-state index contributed by atoms with van der Waals surface area (Å²) in [5.74, 6) is 0.121. The van der Waals surface area contributed by atoms with Crippen LogP contribution in [0.4, 0.5) is 0 Å². The van der Waals surface area contributed by atoms with Gasteiger partial charge >= 0.3 is 0 Å². The zero-order chi connectivity index (χ0) is 11.4. The number of rotatable bonds is 3. The number of β-amino-alcohol motifs (C(OH)–C–C–N with tert-alkyl or cyclic N) is 1. The molecule has 1 fully saturated rings. The van der Waals surface area contributed by atoms with Crippen LogP contribution in [0.3, 0.4) is 0 Å². The van der Waals surface area contributed by atoms with Gasteiger partial charge in [0.25, 0.3) is 0 Å². The number of aliphatic hydroxyl groups is 1. The Morgan fingerprint density at radius 2 is 2.40 bits per heavy atom. The van der Waals surface area contributed by atoms with E-state index in [0.717, 1.165) is 6.42 Å². The van der Waals surface area contributed by atoms with E-state index >= 15 is 0 Å². The maximum absolute atomic E-state index is 11.8. The topological polar surface area (TPSA) is 75.8 Å². The highest BCUT2D eigenvalue weighted by atomic mass is 16.5. The molecule has 1 rings (SSSR count). The molecule has 15 heavy (non-hydrogen) atoms. The lowest BCUT2D eigenvalue weighted by atomic mass is 9.95. The third kappa shape index (κ3) is 3.15. The molecular formula is C10H20N2O3. The van der Waals surface area contributed by atoms with E-state index in [2.05, 4.69) is 0 Å². The van der Waals surface area contributed by atoms with Crippen molar-refractivity contribution in [1.82, 2.24) is 4.90 Å². The second-order valence-corrected chi connectivity index (χ2v) is 4.18. The smallest absolute Gasteiger partial charge is 0.241 e. The van der Waals surface area contributed by atoms with E-state index in [0.29, 0.717) is 13.1 Å². The molecule has 0 saturated carbocycles. The quantitative estimate of drug-likeness (QED) is 0.647. The minimum atomic E-state index is -0.615. The zero-order valence-electron chi connectivity index (χ0n) is 9.35. The molecule has 5 heteroatoms. The molecule has 1 saturated heterocycles. The Morgan fingerprint density at radius 3 is 2.93 bits per heavy atom. The summed E-state index contributed by atoms with van der Waals surface area (Å²) in [7, 11) is 1.51. The van der Waals surface area contributed by atoms with Crippen LogP contribution in [0.5, 0.6) is 0 Å². The molecule has 0 bridgehead atoms. The van der Waals surface area contributed by atoms with Crippen molar-refractivity contribution in [2.75, 3.05) is 26.8 Å². The molecule has 0 aromatic heterocycles. The summed E-state index contributed by atoms with van der Waals surface area (Å²) in [4.78, 5) is 13.4. The van der Waals surface area contributed by atoms with Crippen LogP contribution in [-0.2, 0) is 9.53 Å². The second-order valence-electron chi connectivity index (χ2n) is 4.18. The third-order valence-electron chi connectivity index (χ3n) is 2.89. The number of hydrogen-bond acceptors (Lipinski definition) is 4. The average Bonchev–Trinajstić information content (AvgIpc) is 2.21. The van der Waals surface area contributed by atoms with Gasteiger partial charge in [0.05, 0.1) is 12.7 Å². The molecule has 0 aliphatic carbocycles. The summed E-state index contributed by atoms with van der Waals surface area (Å²) in [6.45, 7) is 3.27. The van der Waals surface area contributed by atoms with Crippen LogP contribution in [0.15, 0.2) is 0 Å². The van der Waals surface area contributed by atoms with Crippen molar-refractivity contribution in [3.8, 4) is 0 Å². The molecular weight excluding hydrogens is 196 g/mol. The summed E-state index contributed by atoms with van der Waals surface area (Å²) < 4.78 is 4.83. The first-order valence-electron chi connectivity index (χ1n) is 5.27. The Kier molecular flexibility index (Phi) is 4.50. The fraction of sp³-hybridized carbons (Fsp3) is 0.900. The van der Waals surface area contributed by atoms with Crippen molar-refractivity contribution in [2.24, 2.45) is 11.7 Å². The van der Waals surface area contributed by atoms with Gasteiger partial charge in [-0.3, -0.25) is 4.79 Å². The van der Waals surface area contributed by atoms with Crippen molar-refractivity contribution in [3.05, 3.63) is 0 Å². The van der Waals surface area contributed by atoms with Gasteiger partial charge in [-0.05, 0) is 12.3 Å². The summed E-state index contributed by atoms with van der Waals surface area (Å²) in [5, 5.41) is 9.64. The van der Waals surface area contributed by atoms with E-state index in [4.69, 9.17) is 10.5 Å². The normalized spacial score (nSPS) is 28.9. The number of carbonyl (C=O) groups excluding carboxylic acids is 1. The number of amides is 1. The fourth-order valence-corrected chi connectivity index (χ4v) is 1.73. The molecule has 0 radical (unpaired) electrons. The van der Waals surface area contributed by atoms with Crippen LogP contribution >= 0.6 is 0 Å². The van der Waals surface area contributed by atoms with E-state index in [1.54, 1.807) is 4.90 Å². The molecule has 1 aliphatic rings. The Bertz CT molecular complexity index is 223. The van der Waals surface area contributed by atoms with Gasteiger partial charge in [-0.2, -0.15) is 0 Å². The largest absolute Gasteiger partial charge is 0.391 e. The van der Waals surface area contributed by atoms with Gasteiger partial charge in [-0.25, -0.2) is 0 Å². The molecule has 1 aliphatic heterocycles. The van der Waals surface area contributed by atoms with Gasteiger partial charge in [-0.1, -0.05) is 6.92 Å². The fourth-order valence-electron chi connectivity index (χ4n) is 1.73. The number of likely N-dealkylation sites (tertiary alicyclic amines) is 1. The minimum absolute atomic E-state index is 0.136. The lowest BCUT2D eigenvalue weighted by Gasteiger charge is -2.35. The molecule has 88 valence electrons. The maximum atomic E-state index is 11.8. The van der Waals surface area contributed by atoms with Gasteiger partial charge in [0.2, 0.25) is 5.91 Å². The van der Waals surface area contributed by atoms with Crippen LogP contribution < -0.4 is 5.73 Å². The summed E-state index contributed by atoms with van der Waals surface area (Å²) in [6.07, 6.45) is 0.393. The number of hydrogen-bond donors (Lipinski definition) is 2. The summed E-state index contributed by atoms with van der Waals surface area (Å²) >= 11 is 0. The molecule has 1 amide bonds. The number of carbonyl (C=O) groups is 1. The van der Waals surface area contributed by atoms with Crippen LogP contribution in [0, 0.1) is 5.92 Å². The minimum Gasteiger partial charge on any atom is -0.391 e. The van der Waals surface area contributed by atoms with E-state index < -0.39 is 12.1 Å². The summed E-state index contributed by atoms with van der Waals surface area (Å²) in [5.41, 5.74) is 5.64. The first-order valence-corrected chi connectivity index (χ1v) is 5.27. The van der Waals surface area contributed by atoms with Crippen LogP contribution in [0.25, 0.3) is 0 Å². The molecule has 3 atom stereocenters. The predicted octanol–water partition coefficient (Wildman–Crippen LogP) is -0.811. The van der Waals surface area contributed by atoms with Gasteiger partial charge < -0.3 is 20.5 Å². The van der Waals surface area contributed by atoms with Gasteiger partial charge in [0.15, 0.2) is 0 Å². The van der Waals surface area contributed by atoms with Gasteiger partial charge in [0.1, 0.15) is 6.04 Å². The third-order valence-corrected chi connectivity index (χ3v) is 2.89. The SMILES string of the molecule is COCC(N)C(=O)N1CCC(C)C(O)C1. The standard InChI is InChI=1S/C10H20N2O3/c1-7-3-4-12(5-9(7)13)10(14)8(11)6-15-2/h7-9,13H,3-6,11H2,1-2H3. The van der Waals surface area contributed by atoms with Crippen LogP contribution in [-0.4, -0.2) is 54.9 Å². The first kappa shape index (κ1) is 12.4. The maximum Gasteiger partial charge on any atom is 0.241 e. The lowest BCUT2D eigenvalue weighted by molar-refractivity contribution is -0.138. The Hall–Kier alpha value is -0.650. The molecule has 0 spiro atoms. The van der Waals surface area contributed by atoms with E-state index in [-0.39, 0.29) is 18.4 Å². The van der Waals surface area contributed by atoms with Crippen LogP contribution in [0.2, 0.25) is 0 Å². The Balaban J connectivity index is 2.47. The van der Waals surface area contributed by atoms with Gasteiger partial charge in [0, 0.05) is 20.2 Å². The number of nitrogens with two attached hydrogens (primary N) is 1. The van der Waals surface area contributed by atoms with Crippen molar-refractivity contribution in [2.45, 2.75) is 25.5 Å². The lowest BCUT2D eigenvalue weighted by Crippen LogP contribution is -2.52. The molecule has 0 aromatic carbocycles. The van der Waals surface area contributed by atoms with E-state index in [1.807, 2.05) is 6.92 Å². The van der Waals surface area contributed by atoms with E-state index in [1.165, 1.54) is 7.11 Å². The van der Waals surface area contributed by atoms with Crippen molar-refractivity contribution in [3.63, 3.8) is 0 Å². The molecule has 0 aromatic rings.